The van der Waals surface area contributed by atoms with Crippen LogP contribution in [0.5, 0.6) is 5.75 Å². The summed E-state index contributed by atoms with van der Waals surface area (Å²) >= 11 is 7.93. The molecule has 0 saturated heterocycles. The third kappa shape index (κ3) is 3.58. The van der Waals surface area contributed by atoms with Crippen LogP contribution in [-0.4, -0.2) is 13.4 Å². The Kier molecular flexibility index (Phi) is 5.00. The minimum Gasteiger partial charge on any atom is -0.496 e. The molecular formula is C15H16ClNOS. The van der Waals surface area contributed by atoms with E-state index in [0.717, 1.165) is 17.0 Å². The van der Waals surface area contributed by atoms with Gasteiger partial charge in [0.25, 0.3) is 0 Å². The van der Waals surface area contributed by atoms with E-state index in [9.17, 15) is 0 Å². The van der Waals surface area contributed by atoms with Crippen molar-refractivity contribution in [3.8, 4) is 5.75 Å². The van der Waals surface area contributed by atoms with Gasteiger partial charge in [0.05, 0.1) is 7.11 Å². The molecule has 0 bridgehead atoms. The molecule has 19 heavy (non-hydrogen) atoms. The highest BCUT2D eigenvalue weighted by Crippen LogP contribution is 2.27. The van der Waals surface area contributed by atoms with E-state index < -0.39 is 0 Å². The van der Waals surface area contributed by atoms with Crippen molar-refractivity contribution in [2.24, 2.45) is 0 Å². The van der Waals surface area contributed by atoms with Gasteiger partial charge in [-0.25, -0.2) is 0 Å². The maximum Gasteiger partial charge on any atom is 0.125 e. The van der Waals surface area contributed by atoms with Crippen LogP contribution in [0.1, 0.15) is 5.56 Å². The zero-order chi connectivity index (χ0) is 13.7. The van der Waals surface area contributed by atoms with Gasteiger partial charge in [-0.05, 0) is 36.6 Å². The Hall–Kier alpha value is -1.32. The molecule has 0 aromatic heterocycles. The quantitative estimate of drug-likeness (QED) is 0.809. The molecule has 0 spiro atoms. The largest absolute Gasteiger partial charge is 0.496 e. The minimum atomic E-state index is 0.640. The number of benzene rings is 2. The normalized spacial score (nSPS) is 10.3. The van der Waals surface area contributed by atoms with Gasteiger partial charge in [-0.2, -0.15) is 0 Å². The molecule has 0 saturated carbocycles. The standard InChI is InChI=1S/C15H16ClNOS/c1-18-15-8-4-7-14(16)13(15)10-17-11-5-3-6-12(9-11)19-2/h3-9,17H,10H2,1-2H3. The smallest absolute Gasteiger partial charge is 0.125 e. The summed E-state index contributed by atoms with van der Waals surface area (Å²) in [7, 11) is 1.66. The molecule has 2 nitrogen and oxygen atoms in total. The molecule has 0 heterocycles. The lowest BCUT2D eigenvalue weighted by atomic mass is 10.2. The topological polar surface area (TPSA) is 21.3 Å². The van der Waals surface area contributed by atoms with Gasteiger partial charge in [0.2, 0.25) is 0 Å². The molecule has 0 radical (unpaired) electrons. The molecular weight excluding hydrogens is 278 g/mol. The molecule has 0 aliphatic carbocycles. The molecule has 0 fully saturated rings. The maximum absolute atomic E-state index is 6.21. The van der Waals surface area contributed by atoms with Crippen LogP contribution in [0.4, 0.5) is 5.69 Å². The molecule has 1 N–H and O–H groups in total. The molecule has 0 unspecified atom stereocenters. The minimum absolute atomic E-state index is 0.640. The van der Waals surface area contributed by atoms with Crippen molar-refractivity contribution in [3.05, 3.63) is 53.1 Å². The number of anilines is 1. The third-order valence-corrected chi connectivity index (χ3v) is 3.91. The number of methoxy groups -OCH3 is 1. The van der Waals surface area contributed by atoms with Gasteiger partial charge in [0.1, 0.15) is 5.75 Å². The van der Waals surface area contributed by atoms with E-state index in [1.165, 1.54) is 4.90 Å². The summed E-state index contributed by atoms with van der Waals surface area (Å²) in [5, 5.41) is 4.09. The van der Waals surface area contributed by atoms with E-state index in [0.29, 0.717) is 11.6 Å². The Morgan fingerprint density at radius 2 is 2.00 bits per heavy atom. The summed E-state index contributed by atoms with van der Waals surface area (Å²) < 4.78 is 5.33. The van der Waals surface area contributed by atoms with Crippen LogP contribution >= 0.6 is 23.4 Å². The second kappa shape index (κ2) is 6.73. The second-order valence-corrected chi connectivity index (χ2v) is 5.29. The predicted octanol–water partition coefficient (Wildman–Crippen LogP) is 4.68. The Morgan fingerprint density at radius 3 is 2.74 bits per heavy atom. The van der Waals surface area contributed by atoms with Crippen LogP contribution in [-0.2, 0) is 6.54 Å². The Bertz CT molecular complexity index is 560. The predicted molar refractivity (Wildman–Crippen MR) is 83.6 cm³/mol. The van der Waals surface area contributed by atoms with E-state index in [-0.39, 0.29) is 0 Å². The molecule has 0 atom stereocenters. The molecule has 100 valence electrons. The molecule has 2 rings (SSSR count). The molecule has 4 heteroatoms. The first kappa shape index (κ1) is 14.1. The number of nitrogens with one attached hydrogen (secondary N) is 1. The van der Waals surface area contributed by atoms with Crippen LogP contribution < -0.4 is 10.1 Å². The number of rotatable bonds is 5. The summed E-state index contributed by atoms with van der Waals surface area (Å²) in [6, 6.07) is 14.0. The average molecular weight is 294 g/mol. The first-order valence-corrected chi connectivity index (χ1v) is 7.54. The summed E-state index contributed by atoms with van der Waals surface area (Å²) in [4.78, 5) is 1.23. The van der Waals surface area contributed by atoms with Gasteiger partial charge < -0.3 is 10.1 Å². The highest BCUT2D eigenvalue weighted by Gasteiger charge is 2.07. The van der Waals surface area contributed by atoms with Crippen LogP contribution in [0.2, 0.25) is 5.02 Å². The molecule has 0 aliphatic rings. The van der Waals surface area contributed by atoms with E-state index in [2.05, 4.69) is 23.7 Å². The summed E-state index contributed by atoms with van der Waals surface area (Å²) in [6.45, 7) is 0.640. The number of halogens is 1. The van der Waals surface area contributed by atoms with Crippen LogP contribution in [0.3, 0.4) is 0 Å². The number of ether oxygens (including phenoxy) is 1. The lowest BCUT2D eigenvalue weighted by Crippen LogP contribution is -2.02. The highest BCUT2D eigenvalue weighted by atomic mass is 35.5. The van der Waals surface area contributed by atoms with E-state index in [4.69, 9.17) is 16.3 Å². The number of hydrogen-bond donors (Lipinski definition) is 1. The summed E-state index contributed by atoms with van der Waals surface area (Å²) in [5.41, 5.74) is 2.05. The SMILES string of the molecule is COc1cccc(Cl)c1CNc1cccc(SC)c1. The maximum atomic E-state index is 6.21. The van der Waals surface area contributed by atoms with Crippen LogP contribution in [0.15, 0.2) is 47.4 Å². The van der Waals surface area contributed by atoms with Crippen molar-refractivity contribution in [1.82, 2.24) is 0 Å². The van der Waals surface area contributed by atoms with Gasteiger partial charge in [0.15, 0.2) is 0 Å². The lowest BCUT2D eigenvalue weighted by Gasteiger charge is -2.12. The van der Waals surface area contributed by atoms with E-state index >= 15 is 0 Å². The molecule has 0 amide bonds. The zero-order valence-electron chi connectivity index (χ0n) is 10.9. The third-order valence-electron chi connectivity index (χ3n) is 2.83. The second-order valence-electron chi connectivity index (χ2n) is 4.01. The van der Waals surface area contributed by atoms with Gasteiger partial charge in [-0.1, -0.05) is 23.7 Å². The van der Waals surface area contributed by atoms with Gasteiger partial charge >= 0.3 is 0 Å². The number of thioether (sulfide) groups is 1. The van der Waals surface area contributed by atoms with Crippen molar-refractivity contribution in [2.75, 3.05) is 18.7 Å². The van der Waals surface area contributed by atoms with E-state index in [1.54, 1.807) is 18.9 Å². The first-order valence-electron chi connectivity index (χ1n) is 5.94. The van der Waals surface area contributed by atoms with Gasteiger partial charge in [0, 0.05) is 27.7 Å². The highest BCUT2D eigenvalue weighted by molar-refractivity contribution is 7.98. The van der Waals surface area contributed by atoms with Crippen molar-refractivity contribution in [1.29, 1.82) is 0 Å². The fourth-order valence-corrected chi connectivity index (χ4v) is 2.52. The first-order chi connectivity index (χ1) is 9.24. The fourth-order valence-electron chi connectivity index (χ4n) is 1.83. The van der Waals surface area contributed by atoms with Crippen LogP contribution in [0, 0.1) is 0 Å². The molecule has 0 aliphatic heterocycles. The molecule has 2 aromatic rings. The van der Waals surface area contributed by atoms with Crippen molar-refractivity contribution < 1.29 is 4.74 Å². The fraction of sp³-hybridized carbons (Fsp3) is 0.200. The zero-order valence-corrected chi connectivity index (χ0v) is 12.5. The monoisotopic (exact) mass is 293 g/mol. The molecule has 2 aromatic carbocycles. The average Bonchev–Trinajstić information content (AvgIpc) is 2.46. The van der Waals surface area contributed by atoms with Crippen molar-refractivity contribution >= 4 is 29.1 Å². The lowest BCUT2D eigenvalue weighted by molar-refractivity contribution is 0.410. The Balaban J connectivity index is 2.14. The van der Waals surface area contributed by atoms with Gasteiger partial charge in [-0.3, -0.25) is 0 Å². The van der Waals surface area contributed by atoms with Crippen molar-refractivity contribution in [2.45, 2.75) is 11.4 Å². The van der Waals surface area contributed by atoms with Gasteiger partial charge in [-0.15, -0.1) is 11.8 Å². The van der Waals surface area contributed by atoms with Crippen LogP contribution in [0.25, 0.3) is 0 Å². The Labute approximate surface area is 123 Å². The van der Waals surface area contributed by atoms with Crippen molar-refractivity contribution in [3.63, 3.8) is 0 Å². The number of hydrogen-bond acceptors (Lipinski definition) is 3. The Morgan fingerprint density at radius 1 is 1.21 bits per heavy atom. The summed E-state index contributed by atoms with van der Waals surface area (Å²) in [5.74, 6) is 0.807. The summed E-state index contributed by atoms with van der Waals surface area (Å²) in [6.07, 6.45) is 2.07. The van der Waals surface area contributed by atoms with E-state index in [1.807, 2.05) is 30.3 Å².